The Labute approximate surface area is 77.3 Å². The maximum atomic E-state index is 10.8. The van der Waals surface area contributed by atoms with Crippen LogP contribution in [-0.2, 0) is 9.53 Å². The predicted octanol–water partition coefficient (Wildman–Crippen LogP) is 0.822. The minimum atomic E-state index is -0.326. The molecular formula is C9H14N2O2. The van der Waals surface area contributed by atoms with Crippen molar-refractivity contribution in [2.24, 2.45) is 11.7 Å². The van der Waals surface area contributed by atoms with Crippen LogP contribution in [0.15, 0.2) is 12.0 Å². The fourth-order valence-electron chi connectivity index (χ4n) is 0.869. The number of nitrogens with one attached hydrogen (secondary N) is 1. The Balaban J connectivity index is 2.41. The summed E-state index contributed by atoms with van der Waals surface area (Å²) < 4.78 is 5.23. The largest absolute Gasteiger partial charge is 0.489 e. The molecule has 13 heavy (non-hydrogen) atoms. The molecule has 0 spiro atoms. The molecule has 4 nitrogen and oxygen atoms in total. The van der Waals surface area contributed by atoms with E-state index in [4.69, 9.17) is 15.9 Å². The summed E-state index contributed by atoms with van der Waals surface area (Å²) in [6.45, 7) is 1.89. The predicted molar refractivity (Wildman–Crippen MR) is 49.4 cm³/mol. The summed E-state index contributed by atoms with van der Waals surface area (Å²) >= 11 is 0. The van der Waals surface area contributed by atoms with Gasteiger partial charge in [-0.15, -0.1) is 0 Å². The van der Waals surface area contributed by atoms with Crippen LogP contribution >= 0.6 is 0 Å². The van der Waals surface area contributed by atoms with Gasteiger partial charge in [0.1, 0.15) is 5.71 Å². The molecule has 1 fully saturated rings. The lowest BCUT2D eigenvalue weighted by atomic mass is 10.2. The summed E-state index contributed by atoms with van der Waals surface area (Å²) in [6, 6.07) is 0. The van der Waals surface area contributed by atoms with E-state index in [-0.39, 0.29) is 17.3 Å². The van der Waals surface area contributed by atoms with Crippen LogP contribution in [0.4, 0.5) is 0 Å². The molecule has 0 saturated heterocycles. The molecule has 0 radical (unpaired) electrons. The molecule has 0 bridgehead atoms. The first kappa shape index (κ1) is 9.77. The van der Waals surface area contributed by atoms with Crippen LogP contribution in [0.5, 0.6) is 0 Å². The number of Topliss-reactive ketones (excluding diaryl/α,β-unsaturated/α-hetero) is 1. The molecule has 1 aliphatic rings. The Bertz CT molecular complexity index is 254. The molecular weight excluding hydrogens is 168 g/mol. The third-order valence-electron chi connectivity index (χ3n) is 1.92. The second-order valence-electron chi connectivity index (χ2n) is 3.22. The first-order valence-corrected chi connectivity index (χ1v) is 4.29. The van der Waals surface area contributed by atoms with E-state index in [1.165, 1.54) is 26.0 Å². The van der Waals surface area contributed by atoms with E-state index in [0.717, 1.165) is 0 Å². The third kappa shape index (κ3) is 2.89. The van der Waals surface area contributed by atoms with Crippen molar-refractivity contribution in [3.05, 3.63) is 12.0 Å². The third-order valence-corrected chi connectivity index (χ3v) is 1.92. The zero-order valence-corrected chi connectivity index (χ0v) is 7.67. The standard InChI is InChI=1S/C9H14N2O2/c1-6(12)9(11)8(4-10)13-5-7-2-3-7/h4,7,11H,2-3,5,10H2,1H3/b8-4+,11-9?. The highest BCUT2D eigenvalue weighted by molar-refractivity contribution is 6.43. The average molecular weight is 182 g/mol. The lowest BCUT2D eigenvalue weighted by Crippen LogP contribution is -2.16. The summed E-state index contributed by atoms with van der Waals surface area (Å²) in [5, 5.41) is 7.34. The van der Waals surface area contributed by atoms with Gasteiger partial charge in [-0.2, -0.15) is 0 Å². The zero-order chi connectivity index (χ0) is 9.84. The summed E-state index contributed by atoms with van der Waals surface area (Å²) in [5.41, 5.74) is 5.09. The zero-order valence-electron chi connectivity index (χ0n) is 7.67. The van der Waals surface area contributed by atoms with Crippen molar-refractivity contribution in [3.8, 4) is 0 Å². The van der Waals surface area contributed by atoms with Crippen LogP contribution < -0.4 is 5.73 Å². The van der Waals surface area contributed by atoms with Crippen LogP contribution in [-0.4, -0.2) is 18.1 Å². The van der Waals surface area contributed by atoms with Crippen molar-refractivity contribution in [3.63, 3.8) is 0 Å². The molecule has 0 atom stereocenters. The van der Waals surface area contributed by atoms with Crippen molar-refractivity contribution in [1.29, 1.82) is 5.41 Å². The van der Waals surface area contributed by atoms with Gasteiger partial charge in [0.25, 0.3) is 0 Å². The Morgan fingerprint density at radius 1 is 1.69 bits per heavy atom. The van der Waals surface area contributed by atoms with Crippen LogP contribution in [0.25, 0.3) is 0 Å². The average Bonchev–Trinajstić information content (AvgIpc) is 2.88. The van der Waals surface area contributed by atoms with Gasteiger partial charge in [-0.05, 0) is 18.8 Å². The van der Waals surface area contributed by atoms with Gasteiger partial charge in [-0.1, -0.05) is 0 Å². The number of hydrogen-bond acceptors (Lipinski definition) is 4. The van der Waals surface area contributed by atoms with E-state index in [9.17, 15) is 4.79 Å². The van der Waals surface area contributed by atoms with Crippen molar-refractivity contribution >= 4 is 11.5 Å². The minimum Gasteiger partial charge on any atom is -0.489 e. The number of carbonyl (C=O) groups is 1. The Morgan fingerprint density at radius 3 is 2.69 bits per heavy atom. The van der Waals surface area contributed by atoms with E-state index in [1.807, 2.05) is 0 Å². The molecule has 72 valence electrons. The Morgan fingerprint density at radius 2 is 2.31 bits per heavy atom. The highest BCUT2D eigenvalue weighted by Crippen LogP contribution is 2.29. The summed E-state index contributed by atoms with van der Waals surface area (Å²) in [7, 11) is 0. The summed E-state index contributed by atoms with van der Waals surface area (Å²) in [6.07, 6.45) is 3.52. The van der Waals surface area contributed by atoms with Crippen molar-refractivity contribution in [2.75, 3.05) is 6.61 Å². The lowest BCUT2D eigenvalue weighted by molar-refractivity contribution is -0.111. The molecule has 1 aliphatic carbocycles. The monoisotopic (exact) mass is 182 g/mol. The second-order valence-corrected chi connectivity index (χ2v) is 3.22. The quantitative estimate of drug-likeness (QED) is 0.488. The maximum absolute atomic E-state index is 10.8. The SMILES string of the molecule is CC(=O)C(=N)/C(=C\N)OCC1CC1. The second kappa shape index (κ2) is 4.07. The molecule has 0 unspecified atom stereocenters. The summed E-state index contributed by atoms with van der Waals surface area (Å²) in [5.74, 6) is 0.460. The van der Waals surface area contributed by atoms with Gasteiger partial charge < -0.3 is 10.5 Å². The van der Waals surface area contributed by atoms with Crippen molar-refractivity contribution < 1.29 is 9.53 Å². The van der Waals surface area contributed by atoms with E-state index < -0.39 is 0 Å². The molecule has 0 heterocycles. The molecule has 0 amide bonds. The summed E-state index contributed by atoms with van der Waals surface area (Å²) in [4.78, 5) is 10.8. The van der Waals surface area contributed by atoms with Gasteiger partial charge >= 0.3 is 0 Å². The van der Waals surface area contributed by atoms with Gasteiger partial charge in [0.2, 0.25) is 0 Å². The van der Waals surface area contributed by atoms with E-state index >= 15 is 0 Å². The lowest BCUT2D eigenvalue weighted by Gasteiger charge is -2.07. The van der Waals surface area contributed by atoms with E-state index in [1.54, 1.807) is 0 Å². The highest BCUT2D eigenvalue weighted by Gasteiger charge is 2.23. The van der Waals surface area contributed by atoms with Crippen LogP contribution in [0.1, 0.15) is 19.8 Å². The van der Waals surface area contributed by atoms with Crippen LogP contribution in [0.3, 0.4) is 0 Å². The molecule has 3 N–H and O–H groups in total. The van der Waals surface area contributed by atoms with Crippen LogP contribution in [0.2, 0.25) is 0 Å². The molecule has 0 aliphatic heterocycles. The first-order valence-electron chi connectivity index (χ1n) is 4.29. The Hall–Kier alpha value is -1.32. The maximum Gasteiger partial charge on any atom is 0.181 e. The molecule has 0 aromatic rings. The number of allylic oxidation sites excluding steroid dienone is 1. The van der Waals surface area contributed by atoms with Crippen molar-refractivity contribution in [1.82, 2.24) is 0 Å². The molecule has 1 rings (SSSR count). The fraction of sp³-hybridized carbons (Fsp3) is 0.556. The molecule has 4 heteroatoms. The minimum absolute atomic E-state index is 0.150. The van der Waals surface area contributed by atoms with E-state index in [2.05, 4.69) is 0 Å². The van der Waals surface area contributed by atoms with Gasteiger partial charge in [0.15, 0.2) is 11.5 Å². The normalized spacial score (nSPS) is 16.8. The van der Waals surface area contributed by atoms with Crippen molar-refractivity contribution in [2.45, 2.75) is 19.8 Å². The van der Waals surface area contributed by atoms with Gasteiger partial charge in [0.05, 0.1) is 6.61 Å². The number of rotatable bonds is 5. The van der Waals surface area contributed by atoms with Gasteiger partial charge in [-0.25, -0.2) is 0 Å². The smallest absolute Gasteiger partial charge is 0.181 e. The number of nitrogens with two attached hydrogens (primary N) is 1. The molecule has 0 aromatic heterocycles. The number of ketones is 1. The first-order chi connectivity index (χ1) is 6.15. The van der Waals surface area contributed by atoms with Gasteiger partial charge in [-0.3, -0.25) is 10.2 Å². The highest BCUT2D eigenvalue weighted by atomic mass is 16.5. The fourth-order valence-corrected chi connectivity index (χ4v) is 0.869. The Kier molecular flexibility index (Phi) is 3.06. The number of ether oxygens (including phenoxy) is 1. The molecule has 1 saturated carbocycles. The van der Waals surface area contributed by atoms with Gasteiger partial charge in [0, 0.05) is 13.1 Å². The molecule has 0 aromatic carbocycles. The van der Waals surface area contributed by atoms with E-state index in [0.29, 0.717) is 12.5 Å². The number of hydrogen-bond donors (Lipinski definition) is 2. The van der Waals surface area contributed by atoms with Crippen LogP contribution in [0, 0.1) is 11.3 Å². The topological polar surface area (TPSA) is 76.2 Å². The number of carbonyl (C=O) groups excluding carboxylic acids is 1.